The highest BCUT2D eigenvalue weighted by Gasteiger charge is 2.24. The lowest BCUT2D eigenvalue weighted by Gasteiger charge is -2.39. The number of benzene rings is 1. The average Bonchev–Trinajstić information content (AvgIpc) is 2.39. The van der Waals surface area contributed by atoms with Gasteiger partial charge in [-0.1, -0.05) is 24.6 Å². The maximum absolute atomic E-state index is 5.88. The smallest absolute Gasteiger partial charge is 0.124 e. The summed E-state index contributed by atoms with van der Waals surface area (Å²) in [7, 11) is 0. The van der Waals surface area contributed by atoms with Gasteiger partial charge in [0.05, 0.1) is 6.10 Å². The molecule has 1 aromatic rings. The van der Waals surface area contributed by atoms with Gasteiger partial charge in [-0.05, 0) is 46.6 Å². The molecule has 0 aliphatic carbocycles. The first-order chi connectivity index (χ1) is 9.58. The van der Waals surface area contributed by atoms with E-state index in [0.717, 1.165) is 12.3 Å². The third kappa shape index (κ3) is 3.97. The Morgan fingerprint density at radius 3 is 2.50 bits per heavy atom. The predicted molar refractivity (Wildman–Crippen MR) is 83.7 cm³/mol. The fourth-order valence-corrected chi connectivity index (χ4v) is 2.93. The van der Waals surface area contributed by atoms with Gasteiger partial charge in [-0.3, -0.25) is 5.43 Å². The number of hydrazine groups is 1. The summed E-state index contributed by atoms with van der Waals surface area (Å²) in [5.41, 5.74) is 4.83. The van der Waals surface area contributed by atoms with E-state index in [-0.39, 0.29) is 6.10 Å². The fraction of sp³-hybridized carbons (Fsp3) is 0.647. The van der Waals surface area contributed by atoms with Gasteiger partial charge in [0.25, 0.3) is 0 Å². The van der Waals surface area contributed by atoms with E-state index in [1.807, 2.05) is 6.07 Å². The van der Waals surface area contributed by atoms with Crippen molar-refractivity contribution in [3.8, 4) is 5.75 Å². The molecule has 0 spiro atoms. The first-order valence-electron chi connectivity index (χ1n) is 7.84. The van der Waals surface area contributed by atoms with Crippen LogP contribution >= 0.6 is 0 Å². The van der Waals surface area contributed by atoms with Gasteiger partial charge in [0.2, 0.25) is 0 Å². The van der Waals surface area contributed by atoms with E-state index >= 15 is 0 Å². The second-order valence-electron chi connectivity index (χ2n) is 6.15. The quantitative estimate of drug-likeness (QED) is 0.886. The molecule has 1 aliphatic rings. The van der Waals surface area contributed by atoms with Crippen LogP contribution in [0.3, 0.4) is 0 Å². The molecule has 112 valence electrons. The number of nitrogens with zero attached hydrogens (tertiary/aromatic N) is 1. The molecule has 0 aromatic heterocycles. The molecule has 1 aromatic carbocycles. The lowest BCUT2D eigenvalue weighted by Crippen LogP contribution is -2.51. The maximum Gasteiger partial charge on any atom is 0.124 e. The molecule has 0 radical (unpaired) electrons. The summed E-state index contributed by atoms with van der Waals surface area (Å²) in [6.45, 7) is 9.58. The average molecular weight is 276 g/mol. The zero-order chi connectivity index (χ0) is 14.5. The van der Waals surface area contributed by atoms with Crippen LogP contribution in [-0.2, 0) is 6.54 Å². The SMILES string of the molecule is CC(C)Oc1ccccc1CNN1C(C)CCCC1C. The minimum atomic E-state index is 0.212. The van der Waals surface area contributed by atoms with Crippen LogP contribution in [-0.4, -0.2) is 23.2 Å². The van der Waals surface area contributed by atoms with E-state index in [4.69, 9.17) is 4.74 Å². The van der Waals surface area contributed by atoms with Gasteiger partial charge < -0.3 is 4.74 Å². The van der Waals surface area contributed by atoms with Gasteiger partial charge in [-0.25, -0.2) is 5.01 Å². The second-order valence-corrected chi connectivity index (χ2v) is 6.15. The van der Waals surface area contributed by atoms with Crippen LogP contribution < -0.4 is 10.2 Å². The molecule has 3 nitrogen and oxygen atoms in total. The largest absolute Gasteiger partial charge is 0.491 e. The third-order valence-electron chi connectivity index (χ3n) is 3.98. The minimum absolute atomic E-state index is 0.212. The van der Waals surface area contributed by atoms with Crippen LogP contribution in [0.15, 0.2) is 24.3 Å². The summed E-state index contributed by atoms with van der Waals surface area (Å²) < 4.78 is 5.88. The summed E-state index contributed by atoms with van der Waals surface area (Å²) in [4.78, 5) is 0. The normalized spacial score (nSPS) is 24.1. The van der Waals surface area contributed by atoms with Crippen LogP contribution in [0.25, 0.3) is 0 Å². The number of nitrogens with one attached hydrogen (secondary N) is 1. The molecule has 20 heavy (non-hydrogen) atoms. The second kappa shape index (κ2) is 7.09. The van der Waals surface area contributed by atoms with Crippen LogP contribution in [0.4, 0.5) is 0 Å². The van der Waals surface area contributed by atoms with Crippen molar-refractivity contribution < 1.29 is 4.74 Å². The Bertz CT molecular complexity index is 409. The van der Waals surface area contributed by atoms with Crippen molar-refractivity contribution in [1.29, 1.82) is 0 Å². The van der Waals surface area contributed by atoms with Crippen molar-refractivity contribution in [2.45, 2.75) is 71.7 Å². The zero-order valence-electron chi connectivity index (χ0n) is 13.2. The summed E-state index contributed by atoms with van der Waals surface area (Å²) in [5, 5.41) is 2.41. The highest BCUT2D eigenvalue weighted by molar-refractivity contribution is 5.33. The molecular weight excluding hydrogens is 248 g/mol. The number of piperidine rings is 1. The molecule has 1 N–H and O–H groups in total. The Morgan fingerprint density at radius 2 is 1.85 bits per heavy atom. The van der Waals surface area contributed by atoms with Crippen molar-refractivity contribution in [1.82, 2.24) is 10.4 Å². The molecule has 0 bridgehead atoms. The lowest BCUT2D eigenvalue weighted by molar-refractivity contribution is 0.0431. The van der Waals surface area contributed by atoms with Crippen molar-refractivity contribution in [2.75, 3.05) is 0 Å². The van der Waals surface area contributed by atoms with E-state index in [1.165, 1.54) is 24.8 Å². The standard InChI is InChI=1S/C17H28N2O/c1-13(2)20-17-11-6-5-10-16(17)12-18-19-14(3)8-7-9-15(19)4/h5-6,10-11,13-15,18H,7-9,12H2,1-4H3. The van der Waals surface area contributed by atoms with Crippen LogP contribution in [0.1, 0.15) is 52.5 Å². The van der Waals surface area contributed by atoms with Crippen LogP contribution in [0, 0.1) is 0 Å². The Balaban J connectivity index is 1.99. The van der Waals surface area contributed by atoms with Crippen molar-refractivity contribution in [3.63, 3.8) is 0 Å². The first-order valence-corrected chi connectivity index (χ1v) is 7.84. The van der Waals surface area contributed by atoms with Gasteiger partial charge in [0.1, 0.15) is 5.75 Å². The summed E-state index contributed by atoms with van der Waals surface area (Å²) in [5.74, 6) is 0.993. The van der Waals surface area contributed by atoms with Gasteiger partial charge in [-0.15, -0.1) is 0 Å². The van der Waals surface area contributed by atoms with E-state index in [0.29, 0.717) is 12.1 Å². The number of para-hydroxylation sites is 1. The van der Waals surface area contributed by atoms with E-state index in [1.54, 1.807) is 0 Å². The van der Waals surface area contributed by atoms with E-state index in [9.17, 15) is 0 Å². The molecule has 1 saturated heterocycles. The van der Waals surface area contributed by atoms with Gasteiger partial charge >= 0.3 is 0 Å². The number of ether oxygens (including phenoxy) is 1. The Kier molecular flexibility index (Phi) is 5.44. The van der Waals surface area contributed by atoms with Gasteiger partial charge in [0.15, 0.2) is 0 Å². The number of rotatable bonds is 5. The van der Waals surface area contributed by atoms with E-state index < -0.39 is 0 Å². The monoisotopic (exact) mass is 276 g/mol. The fourth-order valence-electron chi connectivity index (χ4n) is 2.93. The Morgan fingerprint density at radius 1 is 1.20 bits per heavy atom. The van der Waals surface area contributed by atoms with E-state index in [2.05, 4.69) is 56.3 Å². The number of hydrogen-bond acceptors (Lipinski definition) is 3. The van der Waals surface area contributed by atoms with Crippen LogP contribution in [0.2, 0.25) is 0 Å². The highest BCUT2D eigenvalue weighted by atomic mass is 16.5. The van der Waals surface area contributed by atoms with Gasteiger partial charge in [-0.2, -0.15) is 0 Å². The summed E-state index contributed by atoms with van der Waals surface area (Å²) >= 11 is 0. The highest BCUT2D eigenvalue weighted by Crippen LogP contribution is 2.23. The molecule has 1 fully saturated rings. The van der Waals surface area contributed by atoms with Crippen molar-refractivity contribution in [2.24, 2.45) is 0 Å². The molecule has 1 heterocycles. The zero-order valence-corrected chi connectivity index (χ0v) is 13.2. The molecule has 0 amide bonds. The van der Waals surface area contributed by atoms with Gasteiger partial charge in [0, 0.05) is 24.2 Å². The first kappa shape index (κ1) is 15.3. The summed E-state index contributed by atoms with van der Waals surface area (Å²) in [6, 6.07) is 9.53. The molecule has 1 aliphatic heterocycles. The van der Waals surface area contributed by atoms with Crippen LogP contribution in [0.5, 0.6) is 5.75 Å². The third-order valence-corrected chi connectivity index (χ3v) is 3.98. The van der Waals surface area contributed by atoms with Crippen molar-refractivity contribution in [3.05, 3.63) is 29.8 Å². The molecule has 2 rings (SSSR count). The Hall–Kier alpha value is -1.06. The maximum atomic E-state index is 5.88. The molecule has 0 saturated carbocycles. The lowest BCUT2D eigenvalue weighted by atomic mass is 10.00. The molecular formula is C17H28N2O. The Labute approximate surface area is 123 Å². The molecule has 2 atom stereocenters. The minimum Gasteiger partial charge on any atom is -0.491 e. The molecule has 3 heteroatoms. The topological polar surface area (TPSA) is 24.5 Å². The molecule has 2 unspecified atom stereocenters. The summed E-state index contributed by atoms with van der Waals surface area (Å²) in [6.07, 6.45) is 4.11. The number of hydrogen-bond donors (Lipinski definition) is 1. The predicted octanol–water partition coefficient (Wildman–Crippen LogP) is 3.74. The van der Waals surface area contributed by atoms with Crippen molar-refractivity contribution >= 4 is 0 Å².